The summed E-state index contributed by atoms with van der Waals surface area (Å²) in [5.74, 6) is 0. The van der Waals surface area contributed by atoms with E-state index < -0.39 is 0 Å². The number of hydrogen-bond acceptors (Lipinski definition) is 3. The number of nitriles is 1. The van der Waals surface area contributed by atoms with Crippen LogP contribution in [0.15, 0.2) is 9.85 Å². The molecule has 2 N–H and O–H groups in total. The van der Waals surface area contributed by atoms with Crippen LogP contribution < -0.4 is 5.73 Å². The fourth-order valence-electron chi connectivity index (χ4n) is 0.865. The quantitative estimate of drug-likeness (QED) is 0.870. The molecular formula is C8H9BrN2S. The topological polar surface area (TPSA) is 49.8 Å². The fraction of sp³-hybridized carbons (Fsp3) is 0.375. The summed E-state index contributed by atoms with van der Waals surface area (Å²) in [7, 11) is 0. The zero-order chi connectivity index (χ0) is 9.14. The first-order chi connectivity index (χ1) is 5.65. The number of aryl methyl sites for hydroxylation is 1. The van der Waals surface area contributed by atoms with E-state index >= 15 is 0 Å². The van der Waals surface area contributed by atoms with Crippen LogP contribution in [-0.4, -0.2) is 0 Å². The smallest absolute Gasteiger partial charge is 0.0731 e. The molecule has 0 amide bonds. The van der Waals surface area contributed by atoms with Gasteiger partial charge in [-0.2, -0.15) is 5.26 Å². The normalized spacial score (nSPS) is 12.5. The highest BCUT2D eigenvalue weighted by Gasteiger charge is 2.09. The molecule has 0 saturated heterocycles. The number of hydrogen-bond donors (Lipinski definition) is 1. The predicted octanol–water partition coefficient (Wildman–Crippen LogP) is 2.73. The maximum Gasteiger partial charge on any atom is 0.0731 e. The van der Waals surface area contributed by atoms with Crippen LogP contribution >= 0.6 is 27.3 Å². The van der Waals surface area contributed by atoms with Crippen molar-refractivity contribution >= 4 is 27.3 Å². The molecule has 0 bridgehead atoms. The molecule has 0 spiro atoms. The van der Waals surface area contributed by atoms with Crippen LogP contribution in [0.1, 0.15) is 22.9 Å². The molecule has 4 heteroatoms. The first-order valence-corrected chi connectivity index (χ1v) is 5.14. The SMILES string of the molecule is Cc1cc([C@@H](N)CC#N)sc1Br. The molecule has 64 valence electrons. The van der Waals surface area contributed by atoms with E-state index in [9.17, 15) is 0 Å². The second-order valence-corrected chi connectivity index (χ2v) is 4.98. The molecule has 0 aromatic carbocycles. The van der Waals surface area contributed by atoms with E-state index in [1.165, 1.54) is 5.56 Å². The van der Waals surface area contributed by atoms with E-state index in [-0.39, 0.29) is 6.04 Å². The minimum Gasteiger partial charge on any atom is -0.322 e. The molecule has 0 fully saturated rings. The van der Waals surface area contributed by atoms with Gasteiger partial charge in [0.25, 0.3) is 0 Å². The lowest BCUT2D eigenvalue weighted by Crippen LogP contribution is -2.06. The van der Waals surface area contributed by atoms with Crippen molar-refractivity contribution in [2.45, 2.75) is 19.4 Å². The highest BCUT2D eigenvalue weighted by Crippen LogP contribution is 2.31. The Hall–Kier alpha value is -0.370. The molecule has 0 aliphatic heterocycles. The highest BCUT2D eigenvalue weighted by atomic mass is 79.9. The maximum atomic E-state index is 8.44. The monoisotopic (exact) mass is 244 g/mol. The lowest BCUT2D eigenvalue weighted by Gasteiger charge is -2.01. The van der Waals surface area contributed by atoms with E-state index in [0.29, 0.717) is 6.42 Å². The van der Waals surface area contributed by atoms with Gasteiger partial charge in [0.15, 0.2) is 0 Å². The van der Waals surface area contributed by atoms with Gasteiger partial charge in [-0.15, -0.1) is 11.3 Å². The second-order valence-electron chi connectivity index (χ2n) is 2.57. The first kappa shape index (κ1) is 9.72. The van der Waals surface area contributed by atoms with Crippen molar-refractivity contribution < 1.29 is 0 Å². The molecule has 0 aliphatic rings. The third kappa shape index (κ3) is 2.07. The van der Waals surface area contributed by atoms with Crippen LogP contribution in [0.25, 0.3) is 0 Å². The molecule has 1 rings (SSSR count). The summed E-state index contributed by atoms with van der Waals surface area (Å²) >= 11 is 5.02. The van der Waals surface area contributed by atoms with Crippen LogP contribution in [0.5, 0.6) is 0 Å². The summed E-state index contributed by atoms with van der Waals surface area (Å²) in [6.45, 7) is 2.02. The van der Waals surface area contributed by atoms with Gasteiger partial charge in [-0.25, -0.2) is 0 Å². The molecule has 1 aromatic heterocycles. The summed E-state index contributed by atoms with van der Waals surface area (Å²) in [4.78, 5) is 1.07. The Labute approximate surface area is 84.1 Å². The average Bonchev–Trinajstić information content (AvgIpc) is 2.33. The minimum absolute atomic E-state index is 0.134. The summed E-state index contributed by atoms with van der Waals surface area (Å²) < 4.78 is 1.10. The van der Waals surface area contributed by atoms with Gasteiger partial charge >= 0.3 is 0 Å². The van der Waals surface area contributed by atoms with Gasteiger partial charge in [-0.1, -0.05) is 0 Å². The van der Waals surface area contributed by atoms with E-state index in [0.717, 1.165) is 8.66 Å². The van der Waals surface area contributed by atoms with Gasteiger partial charge in [0, 0.05) is 4.88 Å². The fourth-order valence-corrected chi connectivity index (χ4v) is 2.44. The molecule has 1 atom stereocenters. The van der Waals surface area contributed by atoms with Crippen molar-refractivity contribution in [2.24, 2.45) is 5.73 Å². The molecular weight excluding hydrogens is 236 g/mol. The molecule has 2 nitrogen and oxygen atoms in total. The van der Waals surface area contributed by atoms with Crippen molar-refractivity contribution in [3.63, 3.8) is 0 Å². The molecule has 12 heavy (non-hydrogen) atoms. The van der Waals surface area contributed by atoms with Crippen LogP contribution in [0.3, 0.4) is 0 Å². The van der Waals surface area contributed by atoms with E-state index in [1.54, 1.807) is 11.3 Å². The third-order valence-electron chi connectivity index (χ3n) is 1.55. The van der Waals surface area contributed by atoms with E-state index in [4.69, 9.17) is 11.0 Å². The standard InChI is InChI=1S/C8H9BrN2S/c1-5-4-7(12-8(5)9)6(11)2-3-10/h4,6H,2,11H2,1H3/t6-/m0/s1. The van der Waals surface area contributed by atoms with Gasteiger partial charge in [0.1, 0.15) is 0 Å². The Morgan fingerprint density at radius 2 is 2.50 bits per heavy atom. The Morgan fingerprint density at radius 3 is 2.92 bits per heavy atom. The Balaban J connectivity index is 2.83. The number of thiophene rings is 1. The van der Waals surface area contributed by atoms with Crippen molar-refractivity contribution in [1.29, 1.82) is 5.26 Å². The summed E-state index contributed by atoms with van der Waals surface area (Å²) in [6, 6.07) is 3.95. The maximum absolute atomic E-state index is 8.44. The predicted molar refractivity (Wildman–Crippen MR) is 53.9 cm³/mol. The van der Waals surface area contributed by atoms with Crippen LogP contribution in [0.2, 0.25) is 0 Å². The Bertz CT molecular complexity index is 294. The summed E-state index contributed by atoms with van der Waals surface area (Å²) in [5.41, 5.74) is 6.94. The molecule has 0 unspecified atom stereocenters. The Kier molecular flexibility index (Phi) is 3.27. The van der Waals surface area contributed by atoms with E-state index in [1.807, 2.05) is 13.0 Å². The van der Waals surface area contributed by atoms with Gasteiger partial charge in [-0.3, -0.25) is 0 Å². The number of rotatable bonds is 2. The number of nitrogens with two attached hydrogens (primary N) is 1. The molecule has 1 aromatic rings. The average molecular weight is 245 g/mol. The van der Waals surface area contributed by atoms with Crippen molar-refractivity contribution in [1.82, 2.24) is 0 Å². The van der Waals surface area contributed by atoms with Gasteiger partial charge in [0.2, 0.25) is 0 Å². The molecule has 1 heterocycles. The Morgan fingerprint density at radius 1 is 1.83 bits per heavy atom. The van der Waals surface area contributed by atoms with Crippen molar-refractivity contribution in [3.05, 3.63) is 20.3 Å². The largest absolute Gasteiger partial charge is 0.322 e. The number of nitrogens with zero attached hydrogens (tertiary/aromatic N) is 1. The van der Waals surface area contributed by atoms with E-state index in [2.05, 4.69) is 22.0 Å². The number of halogens is 1. The van der Waals surface area contributed by atoms with Crippen LogP contribution in [0, 0.1) is 18.3 Å². The highest BCUT2D eigenvalue weighted by molar-refractivity contribution is 9.11. The zero-order valence-electron chi connectivity index (χ0n) is 6.67. The van der Waals surface area contributed by atoms with Gasteiger partial charge in [-0.05, 0) is 34.5 Å². The molecule has 0 radical (unpaired) electrons. The minimum atomic E-state index is -0.134. The van der Waals surface area contributed by atoms with Gasteiger partial charge < -0.3 is 5.73 Å². The van der Waals surface area contributed by atoms with Gasteiger partial charge in [0.05, 0.1) is 22.3 Å². The first-order valence-electron chi connectivity index (χ1n) is 3.53. The summed E-state index contributed by atoms with van der Waals surface area (Å²) in [6.07, 6.45) is 0.381. The second kappa shape index (κ2) is 4.04. The van der Waals surface area contributed by atoms with Crippen LogP contribution in [0.4, 0.5) is 0 Å². The van der Waals surface area contributed by atoms with Crippen LogP contribution in [-0.2, 0) is 0 Å². The van der Waals surface area contributed by atoms with Crippen molar-refractivity contribution in [3.8, 4) is 6.07 Å². The van der Waals surface area contributed by atoms with Crippen molar-refractivity contribution in [2.75, 3.05) is 0 Å². The lowest BCUT2D eigenvalue weighted by molar-refractivity contribution is 0.764. The molecule has 0 saturated carbocycles. The third-order valence-corrected chi connectivity index (χ3v) is 3.82. The molecule has 0 aliphatic carbocycles. The zero-order valence-corrected chi connectivity index (χ0v) is 9.08. The summed E-state index contributed by atoms with van der Waals surface area (Å²) in [5, 5.41) is 8.44. The lowest BCUT2D eigenvalue weighted by atomic mass is 10.2.